The Bertz CT molecular complexity index is 600. The minimum absolute atomic E-state index is 0.00117. The van der Waals surface area contributed by atoms with Gasteiger partial charge in [-0.15, -0.1) is 5.10 Å². The standard InChI is InChI=1S/C16H20N4O/c1-19-12-15(17-18-19)16(21)20-9-7-14(8-10-20)11-13-5-3-2-4-6-13/h2-6,12,14H,7-11H2,1H3. The summed E-state index contributed by atoms with van der Waals surface area (Å²) in [5, 5.41) is 7.72. The van der Waals surface area contributed by atoms with Gasteiger partial charge in [-0.1, -0.05) is 35.5 Å². The third-order valence-electron chi connectivity index (χ3n) is 4.09. The van der Waals surface area contributed by atoms with E-state index < -0.39 is 0 Å². The number of piperidine rings is 1. The number of rotatable bonds is 3. The molecule has 1 amide bonds. The van der Waals surface area contributed by atoms with Crippen LogP contribution in [0.5, 0.6) is 0 Å². The first-order valence-electron chi connectivity index (χ1n) is 7.42. The van der Waals surface area contributed by atoms with Crippen LogP contribution >= 0.6 is 0 Å². The predicted octanol–water partition coefficient (Wildman–Crippen LogP) is 1.91. The molecule has 1 fully saturated rings. The fourth-order valence-corrected chi connectivity index (χ4v) is 2.89. The molecule has 21 heavy (non-hydrogen) atoms. The number of likely N-dealkylation sites (tertiary alicyclic amines) is 1. The highest BCUT2D eigenvalue weighted by atomic mass is 16.2. The van der Waals surface area contributed by atoms with Gasteiger partial charge in [-0.2, -0.15) is 0 Å². The Balaban J connectivity index is 1.54. The summed E-state index contributed by atoms with van der Waals surface area (Å²) >= 11 is 0. The zero-order valence-corrected chi connectivity index (χ0v) is 12.3. The number of hydrogen-bond acceptors (Lipinski definition) is 3. The summed E-state index contributed by atoms with van der Waals surface area (Å²) in [4.78, 5) is 14.2. The van der Waals surface area contributed by atoms with E-state index in [1.165, 1.54) is 5.56 Å². The molecule has 5 heteroatoms. The molecule has 5 nitrogen and oxygen atoms in total. The number of aromatic nitrogens is 3. The highest BCUT2D eigenvalue weighted by Gasteiger charge is 2.25. The van der Waals surface area contributed by atoms with Crippen LogP contribution in [0, 0.1) is 5.92 Å². The van der Waals surface area contributed by atoms with Gasteiger partial charge in [0.05, 0.1) is 6.20 Å². The van der Waals surface area contributed by atoms with Crippen molar-refractivity contribution in [2.75, 3.05) is 13.1 Å². The average molecular weight is 284 g/mol. The van der Waals surface area contributed by atoms with Gasteiger partial charge < -0.3 is 4.90 Å². The van der Waals surface area contributed by atoms with Crippen LogP contribution in [0.2, 0.25) is 0 Å². The number of nitrogens with zero attached hydrogens (tertiary/aromatic N) is 4. The van der Waals surface area contributed by atoms with Crippen molar-refractivity contribution in [2.24, 2.45) is 13.0 Å². The van der Waals surface area contributed by atoms with Crippen molar-refractivity contribution in [3.8, 4) is 0 Å². The van der Waals surface area contributed by atoms with Gasteiger partial charge in [0.25, 0.3) is 5.91 Å². The molecule has 0 radical (unpaired) electrons. The van der Waals surface area contributed by atoms with Gasteiger partial charge in [0.1, 0.15) is 0 Å². The summed E-state index contributed by atoms with van der Waals surface area (Å²) in [6.45, 7) is 1.62. The van der Waals surface area contributed by atoms with E-state index in [9.17, 15) is 4.79 Å². The molecule has 0 spiro atoms. The van der Waals surface area contributed by atoms with Crippen molar-refractivity contribution in [2.45, 2.75) is 19.3 Å². The van der Waals surface area contributed by atoms with Gasteiger partial charge in [-0.3, -0.25) is 9.48 Å². The summed E-state index contributed by atoms with van der Waals surface area (Å²) in [6, 6.07) is 10.6. The van der Waals surface area contributed by atoms with Crippen molar-refractivity contribution < 1.29 is 4.79 Å². The first kappa shape index (κ1) is 13.8. The number of aryl methyl sites for hydroxylation is 1. The third-order valence-corrected chi connectivity index (χ3v) is 4.09. The second-order valence-corrected chi connectivity index (χ2v) is 5.70. The Labute approximate surface area is 124 Å². The van der Waals surface area contributed by atoms with Crippen LogP contribution in [0.15, 0.2) is 36.5 Å². The Morgan fingerprint density at radius 1 is 1.24 bits per heavy atom. The molecule has 1 aromatic heterocycles. The smallest absolute Gasteiger partial charge is 0.276 e. The molecule has 1 aliphatic rings. The van der Waals surface area contributed by atoms with Crippen molar-refractivity contribution >= 4 is 5.91 Å². The van der Waals surface area contributed by atoms with Crippen LogP contribution in [-0.4, -0.2) is 38.9 Å². The Morgan fingerprint density at radius 2 is 1.95 bits per heavy atom. The molecule has 1 aromatic carbocycles. The topological polar surface area (TPSA) is 51.0 Å². The molecule has 0 N–H and O–H groups in total. The first-order valence-corrected chi connectivity index (χ1v) is 7.42. The molecule has 3 rings (SSSR count). The van der Waals surface area contributed by atoms with Crippen LogP contribution < -0.4 is 0 Å². The lowest BCUT2D eigenvalue weighted by atomic mass is 9.90. The van der Waals surface area contributed by atoms with Crippen LogP contribution in [0.4, 0.5) is 0 Å². The maximum absolute atomic E-state index is 12.3. The van der Waals surface area contributed by atoms with Gasteiger partial charge in [0, 0.05) is 20.1 Å². The second kappa shape index (κ2) is 6.08. The summed E-state index contributed by atoms with van der Waals surface area (Å²) in [6.07, 6.45) is 4.90. The van der Waals surface area contributed by atoms with Crippen LogP contribution in [0.1, 0.15) is 28.9 Å². The zero-order valence-electron chi connectivity index (χ0n) is 12.3. The number of hydrogen-bond donors (Lipinski definition) is 0. The fraction of sp³-hybridized carbons (Fsp3) is 0.438. The largest absolute Gasteiger partial charge is 0.337 e. The number of carbonyl (C=O) groups is 1. The minimum atomic E-state index is 0.00117. The monoisotopic (exact) mass is 284 g/mol. The van der Waals surface area contributed by atoms with Crippen molar-refractivity contribution in [3.05, 3.63) is 47.8 Å². The summed E-state index contributed by atoms with van der Waals surface area (Å²) in [5.74, 6) is 0.666. The highest BCUT2D eigenvalue weighted by molar-refractivity contribution is 5.91. The maximum Gasteiger partial charge on any atom is 0.276 e. The summed E-state index contributed by atoms with van der Waals surface area (Å²) in [5.41, 5.74) is 1.83. The van der Waals surface area contributed by atoms with E-state index in [0.29, 0.717) is 11.6 Å². The molecule has 0 bridgehead atoms. The van der Waals surface area contributed by atoms with E-state index in [1.807, 2.05) is 11.0 Å². The van der Waals surface area contributed by atoms with E-state index in [4.69, 9.17) is 0 Å². The molecule has 2 heterocycles. The number of amides is 1. The van der Waals surface area contributed by atoms with Crippen LogP contribution in [0.3, 0.4) is 0 Å². The molecule has 1 aliphatic heterocycles. The molecule has 110 valence electrons. The molecular formula is C16H20N4O. The van der Waals surface area contributed by atoms with E-state index in [2.05, 4.69) is 34.6 Å². The minimum Gasteiger partial charge on any atom is -0.337 e. The molecule has 0 unspecified atom stereocenters. The van der Waals surface area contributed by atoms with E-state index >= 15 is 0 Å². The Morgan fingerprint density at radius 3 is 2.57 bits per heavy atom. The number of carbonyl (C=O) groups excluding carboxylic acids is 1. The third kappa shape index (κ3) is 3.29. The van der Waals surface area contributed by atoms with Crippen LogP contribution in [0.25, 0.3) is 0 Å². The van der Waals surface area contributed by atoms with E-state index in [0.717, 1.165) is 32.4 Å². The van der Waals surface area contributed by atoms with Gasteiger partial charge >= 0.3 is 0 Å². The SMILES string of the molecule is Cn1cc(C(=O)N2CCC(Cc3ccccc3)CC2)nn1. The fourth-order valence-electron chi connectivity index (χ4n) is 2.89. The van der Waals surface area contributed by atoms with Gasteiger partial charge in [-0.25, -0.2) is 0 Å². The maximum atomic E-state index is 12.3. The summed E-state index contributed by atoms with van der Waals surface area (Å²) < 4.78 is 1.56. The zero-order chi connectivity index (χ0) is 14.7. The first-order chi connectivity index (χ1) is 10.2. The second-order valence-electron chi connectivity index (χ2n) is 5.70. The molecule has 0 atom stereocenters. The lowest BCUT2D eigenvalue weighted by Crippen LogP contribution is -2.39. The lowest BCUT2D eigenvalue weighted by Gasteiger charge is -2.31. The van der Waals surface area contributed by atoms with Gasteiger partial charge in [-0.05, 0) is 30.7 Å². The molecule has 0 saturated carbocycles. The van der Waals surface area contributed by atoms with E-state index in [-0.39, 0.29) is 5.91 Å². The average Bonchev–Trinajstić information content (AvgIpc) is 2.95. The highest BCUT2D eigenvalue weighted by Crippen LogP contribution is 2.22. The normalized spacial score (nSPS) is 16.1. The quantitative estimate of drug-likeness (QED) is 0.865. The molecule has 1 saturated heterocycles. The molecular weight excluding hydrogens is 264 g/mol. The number of benzene rings is 1. The predicted molar refractivity (Wildman–Crippen MR) is 79.8 cm³/mol. The summed E-state index contributed by atoms with van der Waals surface area (Å²) in [7, 11) is 1.77. The van der Waals surface area contributed by atoms with Crippen molar-refractivity contribution in [1.29, 1.82) is 0 Å². The lowest BCUT2D eigenvalue weighted by molar-refractivity contribution is 0.0684. The molecule has 0 aliphatic carbocycles. The van der Waals surface area contributed by atoms with Gasteiger partial charge in [0.15, 0.2) is 5.69 Å². The Hall–Kier alpha value is -2.17. The van der Waals surface area contributed by atoms with Crippen molar-refractivity contribution in [1.82, 2.24) is 19.9 Å². The van der Waals surface area contributed by atoms with Gasteiger partial charge in [0.2, 0.25) is 0 Å². The Kier molecular flexibility index (Phi) is 3.99. The van der Waals surface area contributed by atoms with E-state index in [1.54, 1.807) is 17.9 Å². The van der Waals surface area contributed by atoms with Crippen LogP contribution in [-0.2, 0) is 13.5 Å². The molecule has 2 aromatic rings. The van der Waals surface area contributed by atoms with Crippen molar-refractivity contribution in [3.63, 3.8) is 0 Å².